The molecule has 0 spiro atoms. The molecule has 1 aliphatic heterocycles. The van der Waals surface area contributed by atoms with E-state index in [4.69, 9.17) is 4.74 Å². The third kappa shape index (κ3) is 1.88. The maximum absolute atomic E-state index is 11.9. The summed E-state index contributed by atoms with van der Waals surface area (Å²) < 4.78 is 4.84. The predicted octanol–water partition coefficient (Wildman–Crippen LogP) is 3.25. The van der Waals surface area contributed by atoms with Crippen LogP contribution in [0.15, 0.2) is 0 Å². The molecule has 1 heterocycles. The number of fused-ring (bicyclic) bond motifs is 1. The van der Waals surface area contributed by atoms with Gasteiger partial charge in [0.2, 0.25) is 0 Å². The summed E-state index contributed by atoms with van der Waals surface area (Å²) in [7, 11) is 0. The van der Waals surface area contributed by atoms with Crippen LogP contribution in [0.5, 0.6) is 0 Å². The number of benzene rings is 1. The van der Waals surface area contributed by atoms with Crippen molar-refractivity contribution in [2.24, 2.45) is 0 Å². The van der Waals surface area contributed by atoms with Crippen molar-refractivity contribution in [3.63, 3.8) is 0 Å². The van der Waals surface area contributed by atoms with Crippen molar-refractivity contribution in [1.82, 2.24) is 0 Å². The van der Waals surface area contributed by atoms with Gasteiger partial charge in [0.1, 0.15) is 0 Å². The standard InChI is InChI=1S/C16H20O3/c1-5-9-10(6-2)12(8-4)14-13(11(9)7-3)15(17)19-16(14)18/h5-8H2,1-4H3. The zero-order valence-electron chi connectivity index (χ0n) is 12.1. The summed E-state index contributed by atoms with van der Waals surface area (Å²) >= 11 is 0. The highest BCUT2D eigenvalue weighted by Crippen LogP contribution is 2.34. The van der Waals surface area contributed by atoms with Crippen LogP contribution in [0.25, 0.3) is 0 Å². The van der Waals surface area contributed by atoms with E-state index in [1.807, 2.05) is 13.8 Å². The van der Waals surface area contributed by atoms with Crippen LogP contribution in [0.2, 0.25) is 0 Å². The first-order valence-electron chi connectivity index (χ1n) is 7.06. The fourth-order valence-electron chi connectivity index (χ4n) is 3.24. The van der Waals surface area contributed by atoms with Crippen LogP contribution in [0, 0.1) is 0 Å². The highest BCUT2D eigenvalue weighted by molar-refractivity contribution is 6.16. The summed E-state index contributed by atoms with van der Waals surface area (Å²) in [5, 5.41) is 0. The van der Waals surface area contributed by atoms with Crippen molar-refractivity contribution >= 4 is 11.9 Å². The molecule has 0 aromatic heterocycles. The van der Waals surface area contributed by atoms with E-state index < -0.39 is 11.9 Å². The van der Waals surface area contributed by atoms with Gasteiger partial charge in [0.25, 0.3) is 0 Å². The van der Waals surface area contributed by atoms with E-state index in [0.717, 1.165) is 36.8 Å². The van der Waals surface area contributed by atoms with Crippen molar-refractivity contribution in [2.75, 3.05) is 0 Å². The Kier molecular flexibility index (Phi) is 3.74. The molecule has 0 saturated carbocycles. The maximum atomic E-state index is 11.9. The minimum atomic E-state index is -0.469. The second-order valence-electron chi connectivity index (χ2n) is 4.76. The van der Waals surface area contributed by atoms with Gasteiger partial charge in [-0.2, -0.15) is 0 Å². The van der Waals surface area contributed by atoms with E-state index in [2.05, 4.69) is 13.8 Å². The first-order valence-corrected chi connectivity index (χ1v) is 7.06. The molecule has 0 fully saturated rings. The molecule has 3 heteroatoms. The average molecular weight is 260 g/mol. The Hall–Kier alpha value is -1.64. The van der Waals surface area contributed by atoms with Gasteiger partial charge in [-0.05, 0) is 47.9 Å². The Morgan fingerprint density at radius 2 is 0.947 bits per heavy atom. The average Bonchev–Trinajstić information content (AvgIpc) is 2.71. The normalized spacial score (nSPS) is 13.7. The van der Waals surface area contributed by atoms with Crippen LogP contribution < -0.4 is 0 Å². The van der Waals surface area contributed by atoms with E-state index in [0.29, 0.717) is 11.1 Å². The molecular formula is C16H20O3. The highest BCUT2D eigenvalue weighted by atomic mass is 16.6. The van der Waals surface area contributed by atoms with Crippen molar-refractivity contribution in [2.45, 2.75) is 53.4 Å². The zero-order chi connectivity index (χ0) is 14.2. The smallest absolute Gasteiger partial charge is 0.347 e. The SMILES string of the molecule is CCc1c(CC)c(CC)c2c(c1CC)C(=O)OC2=O. The lowest BCUT2D eigenvalue weighted by Gasteiger charge is -2.19. The van der Waals surface area contributed by atoms with Gasteiger partial charge in [0.15, 0.2) is 0 Å². The molecule has 1 aromatic carbocycles. The lowest BCUT2D eigenvalue weighted by Crippen LogP contribution is -2.11. The third-order valence-electron chi connectivity index (χ3n) is 3.95. The molecule has 0 unspecified atom stereocenters. The van der Waals surface area contributed by atoms with Crippen LogP contribution in [0.1, 0.15) is 70.7 Å². The van der Waals surface area contributed by atoms with Gasteiger partial charge >= 0.3 is 11.9 Å². The number of carbonyl (C=O) groups is 2. The number of cyclic esters (lactones) is 2. The van der Waals surface area contributed by atoms with Gasteiger partial charge in [-0.3, -0.25) is 0 Å². The van der Waals surface area contributed by atoms with E-state index in [-0.39, 0.29) is 0 Å². The number of ether oxygens (including phenoxy) is 1. The fourth-order valence-corrected chi connectivity index (χ4v) is 3.24. The largest absolute Gasteiger partial charge is 0.386 e. The number of carbonyl (C=O) groups excluding carboxylic acids is 2. The molecule has 0 saturated heterocycles. The highest BCUT2D eigenvalue weighted by Gasteiger charge is 2.36. The first-order chi connectivity index (χ1) is 9.10. The van der Waals surface area contributed by atoms with Crippen molar-refractivity contribution in [1.29, 1.82) is 0 Å². The topological polar surface area (TPSA) is 43.4 Å². The molecule has 2 rings (SSSR count). The molecule has 0 atom stereocenters. The zero-order valence-corrected chi connectivity index (χ0v) is 12.1. The van der Waals surface area contributed by atoms with Crippen molar-refractivity contribution in [3.8, 4) is 0 Å². The summed E-state index contributed by atoms with van der Waals surface area (Å²) in [5.74, 6) is -0.937. The summed E-state index contributed by atoms with van der Waals surface area (Å²) in [4.78, 5) is 23.9. The number of hydrogen-bond donors (Lipinski definition) is 0. The van der Waals surface area contributed by atoms with E-state index in [1.165, 1.54) is 11.1 Å². The van der Waals surface area contributed by atoms with Crippen molar-refractivity contribution in [3.05, 3.63) is 33.4 Å². The van der Waals surface area contributed by atoms with Gasteiger partial charge in [0.05, 0.1) is 11.1 Å². The van der Waals surface area contributed by atoms with Gasteiger partial charge in [-0.15, -0.1) is 0 Å². The maximum Gasteiger partial charge on any atom is 0.347 e. The lowest BCUT2D eigenvalue weighted by atomic mass is 9.83. The number of rotatable bonds is 4. The third-order valence-corrected chi connectivity index (χ3v) is 3.95. The fraction of sp³-hybridized carbons (Fsp3) is 0.500. The molecule has 0 radical (unpaired) electrons. The van der Waals surface area contributed by atoms with E-state index >= 15 is 0 Å². The Morgan fingerprint density at radius 3 is 1.21 bits per heavy atom. The quantitative estimate of drug-likeness (QED) is 0.616. The molecule has 0 N–H and O–H groups in total. The Morgan fingerprint density at radius 1 is 0.632 bits per heavy atom. The molecule has 3 nitrogen and oxygen atoms in total. The summed E-state index contributed by atoms with van der Waals surface area (Å²) in [5.41, 5.74) is 5.51. The molecule has 1 aromatic rings. The Bertz CT molecular complexity index is 507. The molecule has 0 aliphatic carbocycles. The summed E-state index contributed by atoms with van der Waals surface area (Å²) in [6.07, 6.45) is 3.28. The Balaban J connectivity index is 2.91. The number of esters is 2. The molecule has 1 aliphatic rings. The van der Waals surface area contributed by atoms with E-state index in [9.17, 15) is 9.59 Å². The van der Waals surface area contributed by atoms with Crippen LogP contribution >= 0.6 is 0 Å². The summed E-state index contributed by atoms with van der Waals surface area (Å²) in [6, 6.07) is 0. The monoisotopic (exact) mass is 260 g/mol. The van der Waals surface area contributed by atoms with Crippen LogP contribution in [-0.2, 0) is 30.4 Å². The van der Waals surface area contributed by atoms with Gasteiger partial charge in [0, 0.05) is 0 Å². The second kappa shape index (κ2) is 5.16. The predicted molar refractivity (Wildman–Crippen MR) is 73.7 cm³/mol. The second-order valence-corrected chi connectivity index (χ2v) is 4.76. The van der Waals surface area contributed by atoms with Gasteiger partial charge < -0.3 is 4.74 Å². The van der Waals surface area contributed by atoms with Crippen LogP contribution in [0.4, 0.5) is 0 Å². The summed E-state index contributed by atoms with van der Waals surface area (Å²) in [6.45, 7) is 8.25. The van der Waals surface area contributed by atoms with Gasteiger partial charge in [-0.25, -0.2) is 9.59 Å². The van der Waals surface area contributed by atoms with Crippen molar-refractivity contribution < 1.29 is 14.3 Å². The van der Waals surface area contributed by atoms with Crippen LogP contribution in [-0.4, -0.2) is 11.9 Å². The molecule has 19 heavy (non-hydrogen) atoms. The molecule has 0 bridgehead atoms. The Labute approximate surface area is 114 Å². The van der Waals surface area contributed by atoms with E-state index in [1.54, 1.807) is 0 Å². The molecule has 102 valence electrons. The van der Waals surface area contributed by atoms with Crippen LogP contribution in [0.3, 0.4) is 0 Å². The first kappa shape index (κ1) is 13.8. The minimum Gasteiger partial charge on any atom is -0.386 e. The number of hydrogen-bond acceptors (Lipinski definition) is 3. The lowest BCUT2D eigenvalue weighted by molar-refractivity contribution is 0.0443. The molecular weight excluding hydrogens is 240 g/mol. The minimum absolute atomic E-state index is 0.469. The molecule has 0 amide bonds. The van der Waals surface area contributed by atoms with Gasteiger partial charge in [-0.1, -0.05) is 27.7 Å².